The highest BCUT2D eigenvalue weighted by Crippen LogP contribution is 2.43. The van der Waals surface area contributed by atoms with Crippen LogP contribution in [0.1, 0.15) is 37.9 Å². The number of rotatable bonds is 8. The van der Waals surface area contributed by atoms with E-state index in [4.69, 9.17) is 14.2 Å². The van der Waals surface area contributed by atoms with Gasteiger partial charge in [0.2, 0.25) is 5.95 Å². The number of nitrogens with one attached hydrogen (secondary N) is 1. The van der Waals surface area contributed by atoms with Crippen LogP contribution in [-0.4, -0.2) is 33.9 Å². The van der Waals surface area contributed by atoms with Crippen LogP contribution in [0.5, 0.6) is 11.5 Å². The topological polar surface area (TPSA) is 87.5 Å². The summed E-state index contributed by atoms with van der Waals surface area (Å²) in [7, 11) is 0. The van der Waals surface area contributed by atoms with Crippen molar-refractivity contribution in [3.05, 3.63) is 75.4 Å². The number of esters is 1. The number of nitrogens with zero attached hydrogens (tertiary/aromatic N) is 3. The molecule has 8 nitrogen and oxygen atoms in total. The van der Waals surface area contributed by atoms with Crippen molar-refractivity contribution in [1.82, 2.24) is 14.8 Å². The summed E-state index contributed by atoms with van der Waals surface area (Å²) >= 11 is 3.57. The number of aromatic nitrogens is 3. The Morgan fingerprint density at radius 2 is 2.00 bits per heavy atom. The molecule has 0 aliphatic carbocycles. The summed E-state index contributed by atoms with van der Waals surface area (Å²) in [5, 5.41) is 7.43. The molecule has 2 heterocycles. The van der Waals surface area contributed by atoms with Gasteiger partial charge in [0.05, 0.1) is 23.3 Å². The van der Waals surface area contributed by atoms with Gasteiger partial charge in [-0.05, 0) is 60.5 Å². The molecule has 0 fully saturated rings. The van der Waals surface area contributed by atoms with E-state index in [2.05, 4.69) is 31.3 Å². The van der Waals surface area contributed by atoms with E-state index in [1.165, 1.54) is 12.4 Å². The number of benzene rings is 2. The second kappa shape index (κ2) is 10.3. The van der Waals surface area contributed by atoms with Crippen molar-refractivity contribution in [3.8, 4) is 11.5 Å². The Kier molecular flexibility index (Phi) is 7.16. The molecule has 1 atom stereocenters. The van der Waals surface area contributed by atoms with E-state index in [-0.39, 0.29) is 19.0 Å². The summed E-state index contributed by atoms with van der Waals surface area (Å²) in [5.74, 6) is 0.586. The zero-order chi connectivity index (χ0) is 24.2. The molecule has 0 radical (unpaired) electrons. The van der Waals surface area contributed by atoms with Gasteiger partial charge in [0.25, 0.3) is 0 Å². The Morgan fingerprint density at radius 1 is 1.21 bits per heavy atom. The quantitative estimate of drug-likeness (QED) is 0.409. The lowest BCUT2D eigenvalue weighted by molar-refractivity contribution is -0.139. The van der Waals surface area contributed by atoms with E-state index >= 15 is 0 Å². The second-order valence-electron chi connectivity index (χ2n) is 7.46. The second-order valence-corrected chi connectivity index (χ2v) is 8.31. The lowest BCUT2D eigenvalue weighted by Crippen LogP contribution is -2.29. The van der Waals surface area contributed by atoms with Gasteiger partial charge in [-0.25, -0.2) is 13.9 Å². The molecule has 0 bridgehead atoms. The van der Waals surface area contributed by atoms with Crippen molar-refractivity contribution < 1.29 is 23.4 Å². The first-order chi connectivity index (χ1) is 16.4. The van der Waals surface area contributed by atoms with Gasteiger partial charge in [0.1, 0.15) is 24.8 Å². The van der Waals surface area contributed by atoms with Crippen molar-refractivity contribution in [2.24, 2.45) is 0 Å². The number of halogens is 2. The Hall–Kier alpha value is -3.40. The van der Waals surface area contributed by atoms with Gasteiger partial charge in [-0.15, -0.1) is 0 Å². The molecule has 0 saturated heterocycles. The summed E-state index contributed by atoms with van der Waals surface area (Å²) < 4.78 is 33.4. The van der Waals surface area contributed by atoms with Gasteiger partial charge < -0.3 is 19.5 Å². The Bertz CT molecular complexity index is 1240. The smallest absolute Gasteiger partial charge is 0.338 e. The first kappa shape index (κ1) is 23.7. The Labute approximate surface area is 204 Å². The summed E-state index contributed by atoms with van der Waals surface area (Å²) in [6.07, 6.45) is 1.42. The zero-order valence-corrected chi connectivity index (χ0v) is 20.6. The predicted molar refractivity (Wildman–Crippen MR) is 127 cm³/mol. The van der Waals surface area contributed by atoms with Crippen LogP contribution >= 0.6 is 15.9 Å². The number of carbonyl (C=O) groups is 1. The van der Waals surface area contributed by atoms with E-state index in [0.29, 0.717) is 50.9 Å². The van der Waals surface area contributed by atoms with Crippen molar-refractivity contribution in [1.29, 1.82) is 0 Å². The van der Waals surface area contributed by atoms with Gasteiger partial charge in [-0.1, -0.05) is 18.2 Å². The van der Waals surface area contributed by atoms with Crippen LogP contribution in [0.25, 0.3) is 0 Å². The fourth-order valence-corrected chi connectivity index (χ4v) is 4.36. The zero-order valence-electron chi connectivity index (χ0n) is 19.0. The van der Waals surface area contributed by atoms with Gasteiger partial charge in [-0.3, -0.25) is 0 Å². The van der Waals surface area contributed by atoms with E-state index in [9.17, 15) is 9.18 Å². The maximum absolute atomic E-state index is 14.1. The molecule has 1 aromatic heterocycles. The van der Waals surface area contributed by atoms with Crippen molar-refractivity contribution >= 4 is 27.8 Å². The van der Waals surface area contributed by atoms with Gasteiger partial charge in [0.15, 0.2) is 11.5 Å². The highest BCUT2D eigenvalue weighted by atomic mass is 79.9. The van der Waals surface area contributed by atoms with Crippen molar-refractivity contribution in [3.63, 3.8) is 0 Å². The molecule has 3 aromatic rings. The fourth-order valence-electron chi connectivity index (χ4n) is 3.79. The highest BCUT2D eigenvalue weighted by Gasteiger charge is 2.35. The monoisotopic (exact) mass is 530 g/mol. The SMILES string of the molecule is CCOC(=O)C1=C(C)Nc2ncnn2C1c1cc(Br)c(OCc2ccccc2F)c(OCC)c1. The third-order valence-electron chi connectivity index (χ3n) is 5.27. The molecule has 1 unspecified atom stereocenters. The van der Waals surface area contributed by atoms with Crippen LogP contribution in [0.2, 0.25) is 0 Å². The maximum atomic E-state index is 14.1. The molecule has 4 rings (SSSR count). The minimum absolute atomic E-state index is 0.0261. The molecule has 1 aliphatic rings. The number of carbonyl (C=O) groups excluding carboxylic acids is 1. The van der Waals surface area contributed by atoms with Crippen LogP contribution in [0, 0.1) is 5.82 Å². The molecular weight excluding hydrogens is 507 g/mol. The van der Waals surface area contributed by atoms with Crippen molar-refractivity contribution in [2.45, 2.75) is 33.4 Å². The fraction of sp³-hybridized carbons (Fsp3) is 0.292. The number of fused-ring (bicyclic) bond motifs is 1. The minimum Gasteiger partial charge on any atom is -0.490 e. The third-order valence-corrected chi connectivity index (χ3v) is 5.86. The van der Waals surface area contributed by atoms with E-state index in [1.807, 2.05) is 13.0 Å². The number of hydrogen-bond acceptors (Lipinski definition) is 7. The first-order valence-electron chi connectivity index (χ1n) is 10.8. The van der Waals surface area contributed by atoms with Crippen molar-refractivity contribution in [2.75, 3.05) is 18.5 Å². The molecule has 10 heteroatoms. The molecular formula is C24H24BrFN4O4. The average molecular weight is 531 g/mol. The summed E-state index contributed by atoms with van der Waals surface area (Å²) in [5.41, 5.74) is 2.17. The number of anilines is 1. The normalized spacial score (nSPS) is 14.9. The predicted octanol–water partition coefficient (Wildman–Crippen LogP) is 5.01. The van der Waals surface area contributed by atoms with Crippen LogP contribution < -0.4 is 14.8 Å². The molecule has 178 valence electrons. The largest absolute Gasteiger partial charge is 0.490 e. The van der Waals surface area contributed by atoms with Gasteiger partial charge in [-0.2, -0.15) is 10.1 Å². The van der Waals surface area contributed by atoms with Crippen LogP contribution in [0.3, 0.4) is 0 Å². The Balaban J connectivity index is 1.76. The van der Waals surface area contributed by atoms with Crippen LogP contribution in [0.15, 0.2) is 58.5 Å². The standard InChI is InChI=1S/C24H24BrFN4O4/c1-4-32-19-11-16(10-17(25)22(19)34-12-15-8-6-7-9-18(15)26)21-20(23(31)33-5-2)14(3)29-24-27-13-28-30(21)24/h6-11,13,21H,4-5,12H2,1-3H3,(H,27,28,29). The average Bonchev–Trinajstić information content (AvgIpc) is 3.26. The van der Waals surface area contributed by atoms with Gasteiger partial charge in [0, 0.05) is 11.3 Å². The molecule has 0 amide bonds. The molecule has 2 aromatic carbocycles. The van der Waals surface area contributed by atoms with E-state index < -0.39 is 12.0 Å². The summed E-state index contributed by atoms with van der Waals surface area (Å²) in [4.78, 5) is 17.1. The van der Waals surface area contributed by atoms with Gasteiger partial charge >= 0.3 is 5.97 Å². The number of hydrogen-bond donors (Lipinski definition) is 1. The minimum atomic E-state index is -0.603. The van der Waals surface area contributed by atoms with Crippen LogP contribution in [0.4, 0.5) is 10.3 Å². The third kappa shape index (κ3) is 4.63. The summed E-state index contributed by atoms with van der Waals surface area (Å²) in [6.45, 7) is 6.05. The highest BCUT2D eigenvalue weighted by molar-refractivity contribution is 9.10. The van der Waals surface area contributed by atoms with E-state index in [1.54, 1.807) is 42.8 Å². The maximum Gasteiger partial charge on any atom is 0.338 e. The van der Waals surface area contributed by atoms with E-state index in [0.717, 1.165) is 0 Å². The lowest BCUT2D eigenvalue weighted by atomic mass is 9.95. The first-order valence-corrected chi connectivity index (χ1v) is 11.6. The lowest BCUT2D eigenvalue weighted by Gasteiger charge is -2.29. The number of allylic oxidation sites excluding steroid dienone is 1. The molecule has 1 N–H and O–H groups in total. The van der Waals surface area contributed by atoms with Crippen LogP contribution in [-0.2, 0) is 16.1 Å². The number of ether oxygens (including phenoxy) is 3. The molecule has 0 saturated carbocycles. The molecule has 0 spiro atoms. The molecule has 1 aliphatic heterocycles. The summed E-state index contributed by atoms with van der Waals surface area (Å²) in [6, 6.07) is 9.45. The molecule has 34 heavy (non-hydrogen) atoms. The Morgan fingerprint density at radius 3 is 2.74 bits per heavy atom.